The molecular formula is C26H23ClN2O4S. The van der Waals surface area contributed by atoms with Gasteiger partial charge < -0.3 is 19.5 Å². The minimum atomic E-state index is -0.232. The van der Waals surface area contributed by atoms with Crippen molar-refractivity contribution in [2.75, 3.05) is 18.6 Å². The molecule has 174 valence electrons. The predicted molar refractivity (Wildman–Crippen MR) is 138 cm³/mol. The van der Waals surface area contributed by atoms with E-state index in [1.165, 1.54) is 4.90 Å². The molecule has 8 heteroatoms. The predicted octanol–water partition coefficient (Wildman–Crippen LogP) is 5.59. The number of benzene rings is 3. The zero-order chi connectivity index (χ0) is 24.1. The van der Waals surface area contributed by atoms with Gasteiger partial charge >= 0.3 is 0 Å². The molecule has 1 amide bonds. The molecule has 3 aromatic carbocycles. The maximum absolute atomic E-state index is 13.1. The van der Waals surface area contributed by atoms with Crippen LogP contribution < -0.4 is 24.4 Å². The molecule has 4 rings (SSSR count). The highest BCUT2D eigenvalue weighted by Crippen LogP contribution is 2.27. The van der Waals surface area contributed by atoms with Crippen LogP contribution in [0.4, 0.5) is 5.69 Å². The summed E-state index contributed by atoms with van der Waals surface area (Å²) < 4.78 is 16.8. The number of nitrogens with zero attached hydrogens (tertiary/aromatic N) is 1. The van der Waals surface area contributed by atoms with Gasteiger partial charge in [-0.25, -0.2) is 0 Å². The summed E-state index contributed by atoms with van der Waals surface area (Å²) in [5, 5.41) is 3.98. The highest BCUT2D eigenvalue weighted by molar-refractivity contribution is 7.80. The summed E-state index contributed by atoms with van der Waals surface area (Å²) in [5.41, 5.74) is 2.70. The first-order valence-corrected chi connectivity index (χ1v) is 11.4. The SMILES string of the molecule is CCOc1ccc(N2C(=O)/C(=C\c3ccc(OC)c(COc4ccc(Cl)cc4)c3)NC2=S)cc1. The second-order valence-corrected chi connectivity index (χ2v) is 8.19. The Morgan fingerprint density at radius 2 is 1.68 bits per heavy atom. The van der Waals surface area contributed by atoms with E-state index in [1.54, 1.807) is 49.6 Å². The third-order valence-corrected chi connectivity index (χ3v) is 5.64. The lowest BCUT2D eigenvalue weighted by Crippen LogP contribution is -2.30. The van der Waals surface area contributed by atoms with Crippen LogP contribution >= 0.6 is 23.8 Å². The standard InChI is InChI=1S/C26H23ClN2O4S/c1-3-32-21-11-7-20(8-12-21)29-25(30)23(28-26(29)34)15-17-4-13-24(31-2)18(14-17)16-33-22-9-5-19(27)6-10-22/h4-15H,3,16H2,1-2H3,(H,28,34)/b23-15+. The third kappa shape index (κ3) is 5.32. The van der Waals surface area contributed by atoms with E-state index in [1.807, 2.05) is 37.3 Å². The molecule has 1 N–H and O–H groups in total. The Kier molecular flexibility index (Phi) is 7.35. The van der Waals surface area contributed by atoms with Gasteiger partial charge in [-0.05, 0) is 91.4 Å². The van der Waals surface area contributed by atoms with Gasteiger partial charge in [0.15, 0.2) is 5.11 Å². The lowest BCUT2D eigenvalue weighted by Gasteiger charge is -2.14. The van der Waals surface area contributed by atoms with Gasteiger partial charge in [0.2, 0.25) is 0 Å². The monoisotopic (exact) mass is 494 g/mol. The molecule has 0 aromatic heterocycles. The Labute approximate surface area is 208 Å². The average molecular weight is 495 g/mol. The van der Waals surface area contributed by atoms with Crippen LogP contribution in [-0.4, -0.2) is 24.7 Å². The van der Waals surface area contributed by atoms with Crippen LogP contribution in [0.2, 0.25) is 5.02 Å². The van der Waals surface area contributed by atoms with Crippen LogP contribution in [-0.2, 0) is 11.4 Å². The fourth-order valence-corrected chi connectivity index (χ4v) is 3.91. The normalized spacial score (nSPS) is 14.3. The Balaban J connectivity index is 1.53. The minimum Gasteiger partial charge on any atom is -0.496 e. The number of rotatable bonds is 8. The Morgan fingerprint density at radius 3 is 2.35 bits per heavy atom. The maximum atomic E-state index is 13.1. The van der Waals surface area contributed by atoms with Gasteiger partial charge in [-0.1, -0.05) is 17.7 Å². The second-order valence-electron chi connectivity index (χ2n) is 7.37. The van der Waals surface area contributed by atoms with Gasteiger partial charge in [-0.2, -0.15) is 0 Å². The first kappa shape index (κ1) is 23.6. The summed E-state index contributed by atoms with van der Waals surface area (Å²) in [6, 6.07) is 20.0. The van der Waals surface area contributed by atoms with E-state index in [4.69, 9.17) is 38.0 Å². The van der Waals surface area contributed by atoms with Crippen molar-refractivity contribution in [1.82, 2.24) is 5.32 Å². The van der Waals surface area contributed by atoms with Gasteiger partial charge in [-0.3, -0.25) is 9.69 Å². The van der Waals surface area contributed by atoms with Crippen LogP contribution in [0.1, 0.15) is 18.1 Å². The summed E-state index contributed by atoms with van der Waals surface area (Å²) in [7, 11) is 1.61. The zero-order valence-electron chi connectivity index (χ0n) is 18.7. The smallest absolute Gasteiger partial charge is 0.281 e. The Hall–Kier alpha value is -3.55. The number of hydrogen-bond donors (Lipinski definition) is 1. The highest BCUT2D eigenvalue weighted by Gasteiger charge is 2.32. The summed E-state index contributed by atoms with van der Waals surface area (Å²) in [6.07, 6.45) is 1.76. The molecule has 0 unspecified atom stereocenters. The number of thiocarbonyl (C=S) groups is 1. The molecule has 1 heterocycles. The number of hydrogen-bond acceptors (Lipinski definition) is 5. The molecule has 6 nitrogen and oxygen atoms in total. The van der Waals surface area contributed by atoms with E-state index in [-0.39, 0.29) is 5.91 Å². The van der Waals surface area contributed by atoms with Crippen LogP contribution in [0.15, 0.2) is 72.4 Å². The maximum Gasteiger partial charge on any atom is 0.281 e. The summed E-state index contributed by atoms with van der Waals surface area (Å²) >= 11 is 11.4. The molecule has 1 saturated heterocycles. The molecule has 0 spiro atoms. The topological polar surface area (TPSA) is 60.0 Å². The number of carbonyl (C=O) groups excluding carboxylic acids is 1. The Morgan fingerprint density at radius 1 is 1.00 bits per heavy atom. The number of anilines is 1. The molecule has 1 aliphatic heterocycles. The quantitative estimate of drug-likeness (QED) is 0.325. The van der Waals surface area contributed by atoms with Gasteiger partial charge in [-0.15, -0.1) is 0 Å². The lowest BCUT2D eigenvalue weighted by molar-refractivity contribution is -0.113. The molecule has 0 aliphatic carbocycles. The van der Waals surface area contributed by atoms with Crippen molar-refractivity contribution in [3.63, 3.8) is 0 Å². The van der Waals surface area contributed by atoms with Crippen molar-refractivity contribution in [3.8, 4) is 17.2 Å². The third-order valence-electron chi connectivity index (χ3n) is 5.11. The Bertz CT molecular complexity index is 1230. The summed E-state index contributed by atoms with van der Waals surface area (Å²) in [4.78, 5) is 14.6. The van der Waals surface area contributed by atoms with E-state index < -0.39 is 0 Å². The summed E-state index contributed by atoms with van der Waals surface area (Å²) in [6.45, 7) is 2.78. The van der Waals surface area contributed by atoms with Crippen molar-refractivity contribution in [2.24, 2.45) is 0 Å². The van der Waals surface area contributed by atoms with E-state index in [0.29, 0.717) is 46.2 Å². The molecule has 34 heavy (non-hydrogen) atoms. The first-order valence-electron chi connectivity index (χ1n) is 10.6. The van der Waals surface area contributed by atoms with Crippen molar-refractivity contribution >= 4 is 46.6 Å². The molecule has 3 aromatic rings. The van der Waals surface area contributed by atoms with Crippen LogP contribution in [0.5, 0.6) is 17.2 Å². The van der Waals surface area contributed by atoms with Crippen LogP contribution in [0.25, 0.3) is 6.08 Å². The van der Waals surface area contributed by atoms with E-state index in [2.05, 4.69) is 5.32 Å². The van der Waals surface area contributed by atoms with Crippen molar-refractivity contribution in [1.29, 1.82) is 0 Å². The zero-order valence-corrected chi connectivity index (χ0v) is 20.3. The van der Waals surface area contributed by atoms with E-state index >= 15 is 0 Å². The largest absolute Gasteiger partial charge is 0.496 e. The second kappa shape index (κ2) is 10.6. The average Bonchev–Trinajstić information content (AvgIpc) is 3.12. The molecule has 0 atom stereocenters. The number of methoxy groups -OCH3 is 1. The molecule has 0 radical (unpaired) electrons. The molecule has 1 aliphatic rings. The lowest BCUT2D eigenvalue weighted by atomic mass is 10.1. The van der Waals surface area contributed by atoms with Crippen molar-refractivity contribution < 1.29 is 19.0 Å². The number of nitrogens with one attached hydrogen (secondary N) is 1. The molecule has 0 saturated carbocycles. The molecule has 1 fully saturated rings. The fourth-order valence-electron chi connectivity index (χ4n) is 3.49. The molecule has 0 bridgehead atoms. The first-order chi connectivity index (χ1) is 16.5. The minimum absolute atomic E-state index is 0.232. The van der Waals surface area contributed by atoms with Crippen LogP contribution in [0, 0.1) is 0 Å². The number of carbonyl (C=O) groups is 1. The number of ether oxygens (including phenoxy) is 3. The number of amides is 1. The van der Waals surface area contributed by atoms with E-state index in [9.17, 15) is 4.79 Å². The van der Waals surface area contributed by atoms with Crippen molar-refractivity contribution in [3.05, 3.63) is 88.6 Å². The van der Waals surface area contributed by atoms with Gasteiger partial charge in [0.05, 0.1) is 19.4 Å². The van der Waals surface area contributed by atoms with E-state index in [0.717, 1.165) is 16.9 Å². The van der Waals surface area contributed by atoms with Gasteiger partial charge in [0, 0.05) is 10.6 Å². The number of halogens is 1. The van der Waals surface area contributed by atoms with Crippen LogP contribution in [0.3, 0.4) is 0 Å². The van der Waals surface area contributed by atoms with Crippen molar-refractivity contribution in [2.45, 2.75) is 13.5 Å². The molecular weight excluding hydrogens is 472 g/mol. The fraction of sp³-hybridized carbons (Fsp3) is 0.154. The van der Waals surface area contributed by atoms with Gasteiger partial charge in [0.25, 0.3) is 5.91 Å². The highest BCUT2D eigenvalue weighted by atomic mass is 35.5. The summed E-state index contributed by atoms with van der Waals surface area (Å²) in [5.74, 6) is 1.88. The van der Waals surface area contributed by atoms with Gasteiger partial charge in [0.1, 0.15) is 29.6 Å².